The van der Waals surface area contributed by atoms with Gasteiger partial charge in [-0.3, -0.25) is 19.3 Å². The van der Waals surface area contributed by atoms with E-state index in [9.17, 15) is 22.4 Å². The summed E-state index contributed by atoms with van der Waals surface area (Å²) in [5.74, 6) is -1.35. The molecule has 8 nitrogen and oxygen atoms in total. The minimum Gasteiger partial charge on any atom is -0.455 e. The second kappa shape index (κ2) is 10.9. The molecule has 3 rings (SSSR count). The first-order valence-corrected chi connectivity index (χ1v) is 11.7. The predicted octanol–water partition coefficient (Wildman–Crippen LogP) is 2.80. The van der Waals surface area contributed by atoms with Gasteiger partial charge in [-0.1, -0.05) is 24.6 Å². The molecule has 0 fully saturated rings. The highest BCUT2D eigenvalue weighted by molar-refractivity contribution is 7.90. The highest BCUT2D eigenvalue weighted by Crippen LogP contribution is 2.16. The molecule has 1 amide bonds. The van der Waals surface area contributed by atoms with E-state index in [1.165, 1.54) is 42.5 Å². The topological polar surface area (TPSA) is 114 Å². The Kier molecular flexibility index (Phi) is 7.93. The minimum atomic E-state index is -3.85. The van der Waals surface area contributed by atoms with Crippen LogP contribution in [0.25, 0.3) is 0 Å². The lowest BCUT2D eigenvalue weighted by molar-refractivity contribution is -0.146. The van der Waals surface area contributed by atoms with Crippen LogP contribution < -0.4 is 10.0 Å². The largest absolute Gasteiger partial charge is 0.455 e. The Morgan fingerprint density at radius 2 is 1.88 bits per heavy atom. The van der Waals surface area contributed by atoms with Gasteiger partial charge in [0.2, 0.25) is 0 Å². The first-order valence-electron chi connectivity index (χ1n) is 10.2. The molecule has 32 heavy (non-hydrogen) atoms. The summed E-state index contributed by atoms with van der Waals surface area (Å²) >= 11 is 0. The van der Waals surface area contributed by atoms with Crippen molar-refractivity contribution in [3.8, 4) is 0 Å². The number of hydrogen-bond donors (Lipinski definition) is 2. The number of hydrogen-bond acceptors (Lipinski definition) is 6. The number of rotatable bonds is 7. The van der Waals surface area contributed by atoms with Crippen molar-refractivity contribution in [2.24, 2.45) is 4.99 Å². The van der Waals surface area contributed by atoms with Crippen molar-refractivity contribution in [3.05, 3.63) is 59.9 Å². The van der Waals surface area contributed by atoms with Crippen LogP contribution in [0.3, 0.4) is 0 Å². The van der Waals surface area contributed by atoms with Crippen LogP contribution in [0.2, 0.25) is 0 Å². The number of nitrogens with zero attached hydrogens (tertiary/aromatic N) is 1. The zero-order valence-corrected chi connectivity index (χ0v) is 18.2. The lowest BCUT2D eigenvalue weighted by atomic mass is 10.1. The second-order valence-electron chi connectivity index (χ2n) is 7.29. The molecule has 0 atom stereocenters. The number of benzene rings is 2. The van der Waals surface area contributed by atoms with E-state index in [2.05, 4.69) is 15.0 Å². The van der Waals surface area contributed by atoms with Crippen molar-refractivity contribution in [3.63, 3.8) is 0 Å². The maximum atomic E-state index is 13.2. The molecular weight excluding hydrogens is 437 g/mol. The van der Waals surface area contributed by atoms with E-state index in [1.807, 2.05) is 0 Å². The maximum Gasteiger partial charge on any atom is 0.310 e. The van der Waals surface area contributed by atoms with Crippen molar-refractivity contribution >= 4 is 33.4 Å². The summed E-state index contributed by atoms with van der Waals surface area (Å²) in [6.07, 6.45) is 3.20. The van der Waals surface area contributed by atoms with Gasteiger partial charge < -0.3 is 10.1 Å². The molecule has 1 heterocycles. The predicted molar refractivity (Wildman–Crippen MR) is 117 cm³/mol. The van der Waals surface area contributed by atoms with Gasteiger partial charge in [0.15, 0.2) is 6.61 Å². The van der Waals surface area contributed by atoms with Gasteiger partial charge in [0, 0.05) is 18.7 Å². The van der Waals surface area contributed by atoms with Crippen molar-refractivity contribution in [2.45, 2.75) is 37.0 Å². The molecule has 170 valence electrons. The fourth-order valence-corrected chi connectivity index (χ4v) is 4.25. The van der Waals surface area contributed by atoms with Gasteiger partial charge in [0.1, 0.15) is 11.7 Å². The molecule has 0 aliphatic carbocycles. The van der Waals surface area contributed by atoms with Crippen LogP contribution in [0.1, 0.15) is 31.2 Å². The van der Waals surface area contributed by atoms with E-state index < -0.39 is 34.3 Å². The highest BCUT2D eigenvalue weighted by atomic mass is 32.2. The smallest absolute Gasteiger partial charge is 0.310 e. The molecule has 2 aromatic rings. The highest BCUT2D eigenvalue weighted by Gasteiger charge is 2.18. The summed E-state index contributed by atoms with van der Waals surface area (Å²) in [5.41, 5.74) is 0.668. The first-order chi connectivity index (χ1) is 15.3. The van der Waals surface area contributed by atoms with Crippen LogP contribution in [0, 0.1) is 5.82 Å². The van der Waals surface area contributed by atoms with Crippen molar-refractivity contribution in [1.82, 2.24) is 4.72 Å². The number of anilines is 1. The first kappa shape index (κ1) is 23.4. The monoisotopic (exact) mass is 461 g/mol. The van der Waals surface area contributed by atoms with Crippen LogP contribution in [-0.4, -0.2) is 39.3 Å². The summed E-state index contributed by atoms with van der Waals surface area (Å²) in [5, 5.41) is 2.50. The van der Waals surface area contributed by atoms with E-state index in [0.717, 1.165) is 19.3 Å². The third-order valence-electron chi connectivity index (χ3n) is 4.66. The lowest BCUT2D eigenvalue weighted by Gasteiger charge is -2.11. The molecule has 0 spiro atoms. The van der Waals surface area contributed by atoms with Crippen LogP contribution >= 0.6 is 0 Å². The van der Waals surface area contributed by atoms with Crippen LogP contribution in [0.4, 0.5) is 10.1 Å². The van der Waals surface area contributed by atoms with Gasteiger partial charge in [-0.15, -0.1) is 0 Å². The zero-order valence-electron chi connectivity index (χ0n) is 17.3. The van der Waals surface area contributed by atoms with E-state index in [4.69, 9.17) is 4.74 Å². The second-order valence-corrected chi connectivity index (χ2v) is 8.97. The fourth-order valence-electron chi connectivity index (χ4n) is 3.12. The summed E-state index contributed by atoms with van der Waals surface area (Å²) in [4.78, 5) is 28.2. The van der Waals surface area contributed by atoms with Crippen LogP contribution in [0.15, 0.2) is 58.4 Å². The van der Waals surface area contributed by atoms with Gasteiger partial charge in [-0.25, -0.2) is 12.8 Å². The minimum absolute atomic E-state index is 0.0228. The van der Waals surface area contributed by atoms with Gasteiger partial charge in [-0.2, -0.15) is 0 Å². The Bertz CT molecular complexity index is 1120. The number of ether oxygens (including phenoxy) is 1. The number of esters is 1. The van der Waals surface area contributed by atoms with Gasteiger partial charge in [-0.05, 0) is 48.7 Å². The Hall–Kier alpha value is -3.27. The van der Waals surface area contributed by atoms with Gasteiger partial charge in [0.25, 0.3) is 15.9 Å². The molecule has 0 saturated heterocycles. The third kappa shape index (κ3) is 7.16. The van der Waals surface area contributed by atoms with E-state index >= 15 is 0 Å². The van der Waals surface area contributed by atoms with Crippen molar-refractivity contribution in [1.29, 1.82) is 0 Å². The molecule has 0 saturated carbocycles. The molecule has 2 N–H and O–H groups in total. The van der Waals surface area contributed by atoms with E-state index in [-0.39, 0.29) is 17.0 Å². The number of amidine groups is 1. The number of nitrogens with one attached hydrogen (secondary N) is 2. The quantitative estimate of drug-likeness (QED) is 0.616. The maximum absolute atomic E-state index is 13.2. The Labute approximate surface area is 185 Å². The van der Waals surface area contributed by atoms with Crippen LogP contribution in [0.5, 0.6) is 0 Å². The van der Waals surface area contributed by atoms with E-state index in [1.54, 1.807) is 6.07 Å². The molecular formula is C22H24FN3O5S. The zero-order chi connectivity index (χ0) is 23.0. The summed E-state index contributed by atoms with van der Waals surface area (Å²) < 4.78 is 45.9. The average molecular weight is 462 g/mol. The molecule has 0 aromatic heterocycles. The number of amides is 1. The number of carbonyl (C=O) groups excluding carboxylic acids is 2. The summed E-state index contributed by atoms with van der Waals surface area (Å²) in [7, 11) is -3.85. The molecule has 0 bridgehead atoms. The Morgan fingerprint density at radius 3 is 2.69 bits per heavy atom. The summed E-state index contributed by atoms with van der Waals surface area (Å²) in [6.45, 7) is 0.0338. The molecule has 10 heteroatoms. The molecule has 0 unspecified atom stereocenters. The SMILES string of the molecule is O=C(COC(=O)Cc1cccc(F)c1)Nc1cccc(S(=O)(=O)NC2=NCCCCC2)c1. The Balaban J connectivity index is 1.54. The number of halogens is 1. The van der Waals surface area contributed by atoms with Crippen molar-refractivity contribution in [2.75, 3.05) is 18.5 Å². The number of sulfonamides is 1. The standard InChI is InChI=1S/C22H24FN3O5S/c23-17-7-4-6-16(12-17)13-22(28)31-15-21(27)25-18-8-5-9-19(14-18)32(29,30)26-20-10-2-1-3-11-24-20/h4-9,12,14H,1-3,10-11,13,15H2,(H,24,26)(H,25,27). The Morgan fingerprint density at radius 1 is 1.06 bits per heavy atom. The van der Waals surface area contributed by atoms with E-state index in [0.29, 0.717) is 24.4 Å². The lowest BCUT2D eigenvalue weighted by Crippen LogP contribution is -2.30. The van der Waals surface area contributed by atoms with Gasteiger partial charge in [0.05, 0.1) is 11.3 Å². The summed E-state index contributed by atoms with van der Waals surface area (Å²) in [6, 6.07) is 11.3. The molecule has 2 aromatic carbocycles. The number of aliphatic imine (C=N–C) groups is 1. The average Bonchev–Trinajstić information content (AvgIpc) is 3.01. The fraction of sp³-hybridized carbons (Fsp3) is 0.318. The molecule has 0 radical (unpaired) electrons. The normalized spacial score (nSPS) is 14.1. The third-order valence-corrected chi connectivity index (χ3v) is 6.04. The van der Waals surface area contributed by atoms with Crippen LogP contribution in [-0.2, 0) is 30.8 Å². The molecule has 1 aliphatic rings. The van der Waals surface area contributed by atoms with Gasteiger partial charge >= 0.3 is 5.97 Å². The van der Waals surface area contributed by atoms with Crippen molar-refractivity contribution < 1.29 is 27.1 Å². The molecule has 1 aliphatic heterocycles. The number of carbonyl (C=O) groups is 2.